The molecule has 12 heavy (non-hydrogen) atoms. The SMILES string of the molecule is C=C(C)/C=C(\CCC)C(C)(C)C. The zero-order chi connectivity index (χ0) is 9.78. The third kappa shape index (κ3) is 4.38. The Morgan fingerprint density at radius 2 is 1.83 bits per heavy atom. The van der Waals surface area contributed by atoms with Crippen molar-refractivity contribution in [1.29, 1.82) is 0 Å². The molecule has 0 aliphatic carbocycles. The second-order valence-corrected chi connectivity index (χ2v) is 4.52. The Morgan fingerprint density at radius 3 is 2.08 bits per heavy atom. The van der Waals surface area contributed by atoms with E-state index in [9.17, 15) is 0 Å². The van der Waals surface area contributed by atoms with E-state index >= 15 is 0 Å². The van der Waals surface area contributed by atoms with E-state index < -0.39 is 0 Å². The van der Waals surface area contributed by atoms with Gasteiger partial charge in [0.05, 0.1) is 0 Å². The molecule has 0 nitrogen and oxygen atoms in total. The van der Waals surface area contributed by atoms with Crippen molar-refractivity contribution in [3.05, 3.63) is 23.8 Å². The van der Waals surface area contributed by atoms with Gasteiger partial charge in [0.1, 0.15) is 0 Å². The van der Waals surface area contributed by atoms with Crippen LogP contribution in [0.3, 0.4) is 0 Å². The molecule has 0 aromatic carbocycles. The van der Waals surface area contributed by atoms with Crippen LogP contribution in [0.5, 0.6) is 0 Å². The highest BCUT2D eigenvalue weighted by molar-refractivity contribution is 5.22. The number of hydrogen-bond acceptors (Lipinski definition) is 0. The second-order valence-electron chi connectivity index (χ2n) is 4.52. The van der Waals surface area contributed by atoms with Crippen LogP contribution in [0, 0.1) is 5.41 Å². The third-order valence-electron chi connectivity index (χ3n) is 1.90. The minimum atomic E-state index is 0.301. The molecular formula is C12H22. The van der Waals surface area contributed by atoms with Crippen molar-refractivity contribution in [2.24, 2.45) is 5.41 Å². The van der Waals surface area contributed by atoms with Crippen LogP contribution in [0.25, 0.3) is 0 Å². The summed E-state index contributed by atoms with van der Waals surface area (Å²) in [5.41, 5.74) is 2.97. The molecule has 0 heterocycles. The molecule has 0 N–H and O–H groups in total. The fourth-order valence-corrected chi connectivity index (χ4v) is 1.23. The topological polar surface area (TPSA) is 0 Å². The van der Waals surface area contributed by atoms with Crippen LogP contribution in [-0.4, -0.2) is 0 Å². The highest BCUT2D eigenvalue weighted by Crippen LogP contribution is 2.29. The Bertz CT molecular complexity index is 177. The average molecular weight is 166 g/mol. The van der Waals surface area contributed by atoms with Gasteiger partial charge in [0.25, 0.3) is 0 Å². The lowest BCUT2D eigenvalue weighted by Crippen LogP contribution is -2.09. The molecule has 0 rings (SSSR count). The Kier molecular flexibility index (Phi) is 4.30. The summed E-state index contributed by atoms with van der Waals surface area (Å²) in [6, 6.07) is 0. The molecule has 0 fully saturated rings. The molecule has 0 saturated heterocycles. The van der Waals surface area contributed by atoms with Gasteiger partial charge in [-0.15, -0.1) is 0 Å². The zero-order valence-corrected chi connectivity index (χ0v) is 9.20. The molecule has 0 heteroatoms. The van der Waals surface area contributed by atoms with Crippen molar-refractivity contribution in [1.82, 2.24) is 0 Å². The monoisotopic (exact) mass is 166 g/mol. The standard InChI is InChI=1S/C12H22/c1-7-8-11(9-10(2)3)12(4,5)6/h9H,2,7-8H2,1,3-6H3/b11-9+. The molecule has 0 bridgehead atoms. The predicted octanol–water partition coefficient (Wildman–Crippen LogP) is 4.34. The largest absolute Gasteiger partial charge is 0.0961 e. The van der Waals surface area contributed by atoms with Crippen LogP contribution >= 0.6 is 0 Å². The molecule has 0 aliphatic heterocycles. The fourth-order valence-electron chi connectivity index (χ4n) is 1.23. The zero-order valence-electron chi connectivity index (χ0n) is 9.20. The number of allylic oxidation sites excluding steroid dienone is 3. The van der Waals surface area contributed by atoms with Gasteiger partial charge in [-0.05, 0) is 18.8 Å². The molecule has 0 radical (unpaired) electrons. The first-order chi connectivity index (χ1) is 5.38. The van der Waals surface area contributed by atoms with E-state index in [0.29, 0.717) is 5.41 Å². The van der Waals surface area contributed by atoms with Gasteiger partial charge in [-0.2, -0.15) is 0 Å². The lowest BCUT2D eigenvalue weighted by molar-refractivity contribution is 0.480. The van der Waals surface area contributed by atoms with Gasteiger partial charge in [-0.3, -0.25) is 0 Å². The van der Waals surface area contributed by atoms with Crippen molar-refractivity contribution >= 4 is 0 Å². The second kappa shape index (κ2) is 4.49. The Hall–Kier alpha value is -0.520. The van der Waals surface area contributed by atoms with Gasteiger partial charge >= 0.3 is 0 Å². The van der Waals surface area contributed by atoms with E-state index in [2.05, 4.69) is 47.3 Å². The van der Waals surface area contributed by atoms with Crippen molar-refractivity contribution in [2.45, 2.75) is 47.5 Å². The summed E-state index contributed by atoms with van der Waals surface area (Å²) in [5, 5.41) is 0. The maximum atomic E-state index is 3.91. The highest BCUT2D eigenvalue weighted by Gasteiger charge is 2.15. The van der Waals surface area contributed by atoms with E-state index in [1.807, 2.05) is 0 Å². The van der Waals surface area contributed by atoms with Gasteiger partial charge in [-0.25, -0.2) is 0 Å². The molecule has 0 aliphatic rings. The van der Waals surface area contributed by atoms with E-state index in [0.717, 1.165) is 5.57 Å². The van der Waals surface area contributed by atoms with Crippen LogP contribution in [0.15, 0.2) is 23.8 Å². The quantitative estimate of drug-likeness (QED) is 0.547. The summed E-state index contributed by atoms with van der Waals surface area (Å²) >= 11 is 0. The first-order valence-electron chi connectivity index (χ1n) is 4.74. The molecule has 0 atom stereocenters. The van der Waals surface area contributed by atoms with Crippen LogP contribution in [0.2, 0.25) is 0 Å². The summed E-state index contributed by atoms with van der Waals surface area (Å²) in [7, 11) is 0. The summed E-state index contributed by atoms with van der Waals surface area (Å²) < 4.78 is 0. The lowest BCUT2D eigenvalue weighted by Gasteiger charge is -2.23. The summed E-state index contributed by atoms with van der Waals surface area (Å²) in [6.07, 6.45) is 4.64. The summed E-state index contributed by atoms with van der Waals surface area (Å²) in [5.74, 6) is 0. The van der Waals surface area contributed by atoms with Gasteiger partial charge in [0.2, 0.25) is 0 Å². The molecular weight excluding hydrogens is 144 g/mol. The maximum absolute atomic E-state index is 3.91. The van der Waals surface area contributed by atoms with E-state index in [-0.39, 0.29) is 0 Å². The molecule has 0 aromatic heterocycles. The van der Waals surface area contributed by atoms with Crippen LogP contribution in [0.1, 0.15) is 47.5 Å². The maximum Gasteiger partial charge on any atom is -0.0170 e. The Labute approximate surface area is 77.4 Å². The fraction of sp³-hybridized carbons (Fsp3) is 0.667. The van der Waals surface area contributed by atoms with Gasteiger partial charge in [0.15, 0.2) is 0 Å². The normalized spacial score (nSPS) is 13.2. The lowest BCUT2D eigenvalue weighted by atomic mass is 9.83. The van der Waals surface area contributed by atoms with Crippen LogP contribution < -0.4 is 0 Å². The van der Waals surface area contributed by atoms with E-state index in [1.165, 1.54) is 18.4 Å². The number of rotatable bonds is 3. The molecule has 0 spiro atoms. The number of hydrogen-bond donors (Lipinski definition) is 0. The van der Waals surface area contributed by atoms with Crippen molar-refractivity contribution < 1.29 is 0 Å². The minimum absolute atomic E-state index is 0.301. The van der Waals surface area contributed by atoms with Crippen molar-refractivity contribution in [3.63, 3.8) is 0 Å². The Morgan fingerprint density at radius 1 is 1.33 bits per heavy atom. The predicted molar refractivity (Wildman–Crippen MR) is 57.3 cm³/mol. The molecule has 0 saturated carbocycles. The third-order valence-corrected chi connectivity index (χ3v) is 1.90. The minimum Gasteiger partial charge on any atom is -0.0961 e. The average Bonchev–Trinajstić information content (AvgIpc) is 1.83. The highest BCUT2D eigenvalue weighted by atomic mass is 14.2. The molecule has 0 unspecified atom stereocenters. The van der Waals surface area contributed by atoms with Gasteiger partial charge in [0, 0.05) is 0 Å². The van der Waals surface area contributed by atoms with Gasteiger partial charge < -0.3 is 0 Å². The Balaban J connectivity index is 4.55. The molecule has 0 aromatic rings. The summed E-state index contributed by atoms with van der Waals surface area (Å²) in [6.45, 7) is 15.0. The molecule has 70 valence electrons. The van der Waals surface area contributed by atoms with Crippen LogP contribution in [-0.2, 0) is 0 Å². The smallest absolute Gasteiger partial charge is 0.0170 e. The first-order valence-corrected chi connectivity index (χ1v) is 4.74. The van der Waals surface area contributed by atoms with Crippen LogP contribution in [0.4, 0.5) is 0 Å². The van der Waals surface area contributed by atoms with E-state index in [4.69, 9.17) is 0 Å². The van der Waals surface area contributed by atoms with Crippen molar-refractivity contribution in [3.8, 4) is 0 Å². The van der Waals surface area contributed by atoms with E-state index in [1.54, 1.807) is 0 Å². The summed E-state index contributed by atoms with van der Waals surface area (Å²) in [4.78, 5) is 0. The van der Waals surface area contributed by atoms with Crippen molar-refractivity contribution in [2.75, 3.05) is 0 Å². The van der Waals surface area contributed by atoms with Gasteiger partial charge in [-0.1, -0.05) is 57.9 Å². The first kappa shape index (κ1) is 11.5. The molecule has 0 amide bonds.